The first kappa shape index (κ1) is 79.6. The normalized spacial score (nSPS) is 14.8. The fourth-order valence-electron chi connectivity index (χ4n) is 10.9. The maximum absolute atomic E-state index is 14.8. The van der Waals surface area contributed by atoms with Gasteiger partial charge in [-0.2, -0.15) is 0 Å². The molecule has 0 aliphatic rings. The fourth-order valence-corrected chi connectivity index (χ4v) is 10.9. The molecule has 0 radical (unpaired) electrons. The molecule has 4 aromatic rings. The zero-order chi connectivity index (χ0) is 70.9. The molecule has 29 nitrogen and oxygen atoms in total. The number of nitrogens with zero attached hydrogens (tertiary/aromatic N) is 1. The number of amides is 10. The van der Waals surface area contributed by atoms with E-state index in [1.807, 2.05) is 38.1 Å². The molecule has 10 amide bonds. The Labute approximate surface area is 561 Å². The Bertz CT molecular complexity index is 3130. The summed E-state index contributed by atoms with van der Waals surface area (Å²) < 4.78 is 0. The van der Waals surface area contributed by atoms with Crippen molar-refractivity contribution >= 4 is 75.9 Å². The zero-order valence-electron chi connectivity index (χ0n) is 56.3. The van der Waals surface area contributed by atoms with Crippen LogP contribution in [0.5, 0.6) is 0 Å². The van der Waals surface area contributed by atoms with E-state index in [1.165, 1.54) is 12.5 Å². The molecule has 96 heavy (non-hydrogen) atoms. The number of unbranched alkanes of at least 4 members (excludes halogenated alkanes) is 3. The van der Waals surface area contributed by atoms with E-state index in [0.29, 0.717) is 81.3 Å². The van der Waals surface area contributed by atoms with Crippen LogP contribution in [0, 0.1) is 17.8 Å². The number of aromatic nitrogens is 3. The van der Waals surface area contributed by atoms with E-state index >= 15 is 0 Å². The standard InChI is InChI=1S/C67H105N17O12/c1-7-41(6)57(84-65(93)52(32-40(4)5)81-63(91)54(79-58(86)46(71)22-13-16-28-68)34-43-36-74-47-23-12-11-21-45(43)47)66(94)77-49(26-27-56(72)85)60(88)80-51(31-39(2)3)61(89)82-53(33-42-19-9-8-10-20-42)62(90)83-55(35-44-37-73-38-75-44)64(92)76-48(24-14-17-29-69)59(87)78-50(67(95)96)25-15-18-30-70/h8-12,19-21,23,36-41,46,48-55,57,74H,7,13-18,22,24-35,68-71H2,1-6H3,(H2,72,85)(H,73,75)(H,76,92)(H,77,94)(H,78,87)(H,79,86)(H,80,88)(H,81,91)(H,82,89)(H,83,90)(H,84,93)(H,95,96)/t41-,46-,48-,49-,50-,51-,52-,53-,54-,55-,57-/m0/s1. The van der Waals surface area contributed by atoms with Crippen LogP contribution < -0.4 is 76.5 Å². The first-order chi connectivity index (χ1) is 45.8. The molecule has 0 unspecified atom stereocenters. The minimum Gasteiger partial charge on any atom is -0.480 e. The number of hydrogen-bond acceptors (Lipinski definition) is 16. The number of rotatable bonds is 46. The number of fused-ring (bicyclic) bond motifs is 1. The van der Waals surface area contributed by atoms with Gasteiger partial charge in [0.25, 0.3) is 0 Å². The molecular weight excluding hydrogens is 1230 g/mol. The second-order valence-electron chi connectivity index (χ2n) is 25.5. The van der Waals surface area contributed by atoms with Gasteiger partial charge in [-0.1, -0.05) is 103 Å². The van der Waals surface area contributed by atoms with Gasteiger partial charge >= 0.3 is 5.97 Å². The first-order valence-corrected chi connectivity index (χ1v) is 33.5. The van der Waals surface area contributed by atoms with Crippen LogP contribution in [0.1, 0.15) is 148 Å². The van der Waals surface area contributed by atoms with Gasteiger partial charge in [-0.25, -0.2) is 9.78 Å². The highest BCUT2D eigenvalue weighted by molar-refractivity contribution is 5.99. The molecule has 0 spiro atoms. The molecule has 0 bridgehead atoms. The van der Waals surface area contributed by atoms with Gasteiger partial charge in [0.15, 0.2) is 0 Å². The molecule has 29 heteroatoms. The topological polar surface area (TPSA) is 491 Å². The number of primary amides is 1. The smallest absolute Gasteiger partial charge is 0.326 e. The number of aromatic amines is 2. The van der Waals surface area contributed by atoms with Gasteiger partial charge in [-0.05, 0) is 125 Å². The van der Waals surface area contributed by atoms with Crippen molar-refractivity contribution in [1.29, 1.82) is 0 Å². The Balaban J connectivity index is 1.63. The highest BCUT2D eigenvalue weighted by Crippen LogP contribution is 2.21. The van der Waals surface area contributed by atoms with E-state index in [0.717, 1.165) is 10.9 Å². The first-order valence-electron chi connectivity index (χ1n) is 33.5. The third-order valence-corrected chi connectivity index (χ3v) is 16.5. The number of hydrogen-bond donors (Lipinski definition) is 17. The molecule has 2 aromatic carbocycles. The average molecular weight is 1340 g/mol. The number of carbonyl (C=O) groups excluding carboxylic acids is 10. The quantitative estimate of drug-likeness (QED) is 0.0268. The third-order valence-electron chi connectivity index (χ3n) is 16.5. The minimum absolute atomic E-state index is 0.00954. The minimum atomic E-state index is -1.53. The van der Waals surface area contributed by atoms with E-state index in [4.69, 9.17) is 28.7 Å². The van der Waals surface area contributed by atoms with Crippen LogP contribution in [0.4, 0.5) is 0 Å². The number of aliphatic carboxylic acids is 1. The van der Waals surface area contributed by atoms with Crippen LogP contribution in [-0.2, 0) is 72.0 Å². The fraction of sp³-hybridized carbons (Fsp3) is 0.582. The number of nitrogens with one attached hydrogen (secondary N) is 11. The number of para-hydroxylation sites is 1. The van der Waals surface area contributed by atoms with Gasteiger partial charge in [-0.15, -0.1) is 0 Å². The predicted octanol–water partition coefficient (Wildman–Crippen LogP) is 0.485. The monoisotopic (exact) mass is 1340 g/mol. The molecule has 0 aliphatic carbocycles. The van der Waals surface area contributed by atoms with Gasteiger partial charge in [0, 0.05) is 54.7 Å². The predicted molar refractivity (Wildman–Crippen MR) is 363 cm³/mol. The maximum Gasteiger partial charge on any atom is 0.326 e. The maximum atomic E-state index is 14.8. The van der Waals surface area contributed by atoms with Crippen molar-refractivity contribution in [2.45, 2.75) is 211 Å². The largest absolute Gasteiger partial charge is 0.480 e. The van der Waals surface area contributed by atoms with E-state index in [1.54, 1.807) is 64.2 Å². The summed E-state index contributed by atoms with van der Waals surface area (Å²) in [5, 5.41) is 35.4. The molecular formula is C67H105N17O12. The summed E-state index contributed by atoms with van der Waals surface area (Å²) in [5.74, 6) is -10.2. The van der Waals surface area contributed by atoms with Crippen LogP contribution in [0.3, 0.4) is 0 Å². The Kier molecular flexibility index (Phi) is 34.8. The van der Waals surface area contributed by atoms with Crippen molar-refractivity contribution < 1.29 is 57.8 Å². The van der Waals surface area contributed by atoms with E-state index in [9.17, 15) is 57.8 Å². The lowest BCUT2D eigenvalue weighted by Gasteiger charge is -2.30. The van der Waals surface area contributed by atoms with Gasteiger partial charge in [0.05, 0.1) is 12.4 Å². The molecule has 0 saturated heterocycles. The molecule has 0 fully saturated rings. The Morgan fingerprint density at radius 2 is 0.938 bits per heavy atom. The lowest BCUT2D eigenvalue weighted by atomic mass is 9.95. The summed E-state index contributed by atoms with van der Waals surface area (Å²) in [6.45, 7) is 11.8. The molecule has 4 rings (SSSR count). The summed E-state index contributed by atoms with van der Waals surface area (Å²) in [5.41, 5.74) is 31.5. The molecule has 2 aromatic heterocycles. The summed E-state index contributed by atoms with van der Waals surface area (Å²) in [4.78, 5) is 165. The average Bonchev–Trinajstić information content (AvgIpc) is 1.61. The summed E-state index contributed by atoms with van der Waals surface area (Å²) in [6.07, 6.45) is 7.43. The van der Waals surface area contributed by atoms with Gasteiger partial charge < -0.3 is 91.6 Å². The molecule has 0 aliphatic heterocycles. The lowest BCUT2D eigenvalue weighted by Crippen LogP contribution is -2.61. The van der Waals surface area contributed by atoms with Gasteiger partial charge in [0.1, 0.15) is 54.4 Å². The number of imidazole rings is 1. The van der Waals surface area contributed by atoms with Crippen molar-refractivity contribution in [3.63, 3.8) is 0 Å². The Morgan fingerprint density at radius 1 is 0.490 bits per heavy atom. The number of carboxylic acid groups (broad SMARTS) is 1. The zero-order valence-corrected chi connectivity index (χ0v) is 56.3. The van der Waals surface area contributed by atoms with Crippen LogP contribution >= 0.6 is 0 Å². The van der Waals surface area contributed by atoms with Gasteiger partial charge in [-0.3, -0.25) is 47.9 Å². The highest BCUT2D eigenvalue weighted by atomic mass is 16.4. The third kappa shape index (κ3) is 27.5. The number of carbonyl (C=O) groups is 11. The van der Waals surface area contributed by atoms with E-state index < -0.39 is 138 Å². The van der Waals surface area contributed by atoms with Crippen LogP contribution in [-0.4, -0.2) is 165 Å². The molecule has 2 heterocycles. The van der Waals surface area contributed by atoms with Crippen LogP contribution in [0.2, 0.25) is 0 Å². The summed E-state index contributed by atoms with van der Waals surface area (Å²) >= 11 is 0. The van der Waals surface area contributed by atoms with E-state index in [-0.39, 0.29) is 69.7 Å². The molecule has 11 atom stereocenters. The molecule has 22 N–H and O–H groups in total. The van der Waals surface area contributed by atoms with Crippen LogP contribution in [0.25, 0.3) is 10.9 Å². The molecule has 530 valence electrons. The second kappa shape index (κ2) is 41.9. The SMILES string of the molecule is CC[C@H](C)[C@H](NC(=O)[C@H](CC(C)C)NC(=O)[C@H](Cc1c[nH]c2ccccc12)NC(=O)[C@@H](N)CCCCN)C(=O)N[C@@H](CCC(N)=O)C(=O)N[C@@H](CC(C)C)C(=O)N[C@@H](Cc1ccccc1)C(=O)N[C@@H](Cc1cnc[nH]1)C(=O)N[C@@H](CCCCN)C(=O)N[C@@H](CCCCN)C(=O)O. The van der Waals surface area contributed by atoms with Crippen molar-refractivity contribution in [3.8, 4) is 0 Å². The van der Waals surface area contributed by atoms with Crippen molar-refractivity contribution in [2.75, 3.05) is 19.6 Å². The summed E-state index contributed by atoms with van der Waals surface area (Å²) in [7, 11) is 0. The highest BCUT2D eigenvalue weighted by Gasteiger charge is 2.38. The summed E-state index contributed by atoms with van der Waals surface area (Å²) in [6, 6.07) is 3.05. The Morgan fingerprint density at radius 3 is 1.47 bits per heavy atom. The Hall–Kier alpha value is -8.80. The lowest BCUT2D eigenvalue weighted by molar-refractivity contribution is -0.142. The van der Waals surface area contributed by atoms with E-state index in [2.05, 4.69) is 62.8 Å². The number of carboxylic acids is 1. The van der Waals surface area contributed by atoms with Crippen molar-refractivity contribution in [2.24, 2.45) is 46.4 Å². The number of benzene rings is 2. The second-order valence-corrected chi connectivity index (χ2v) is 25.5. The van der Waals surface area contributed by atoms with Crippen molar-refractivity contribution in [1.82, 2.24) is 62.8 Å². The van der Waals surface area contributed by atoms with Crippen LogP contribution in [0.15, 0.2) is 73.3 Å². The molecule has 0 saturated carbocycles. The number of H-pyrrole nitrogens is 2. The van der Waals surface area contributed by atoms with Gasteiger partial charge in [0.2, 0.25) is 59.1 Å². The number of nitrogens with two attached hydrogens (primary N) is 5. The van der Waals surface area contributed by atoms with Crippen molar-refractivity contribution in [3.05, 3.63) is 90.1 Å².